The van der Waals surface area contributed by atoms with Crippen molar-refractivity contribution >= 4 is 55.9 Å². The number of carboxylic acids is 1. The van der Waals surface area contributed by atoms with E-state index in [-0.39, 0.29) is 15.5 Å². The first-order valence-electron chi connectivity index (χ1n) is 5.61. The fourth-order valence-electron chi connectivity index (χ4n) is 1.60. The van der Waals surface area contributed by atoms with E-state index in [0.29, 0.717) is 5.69 Å². The quantitative estimate of drug-likeness (QED) is 0.718. The molecule has 0 aliphatic rings. The maximum atomic E-state index is 12.2. The van der Waals surface area contributed by atoms with Crippen molar-refractivity contribution < 1.29 is 18.3 Å². The van der Waals surface area contributed by atoms with Crippen molar-refractivity contribution in [3.63, 3.8) is 0 Å². The number of halogens is 2. The smallest absolute Gasteiger partial charge is 0.337 e. The molecule has 0 radical (unpaired) electrons. The Morgan fingerprint density at radius 2 is 1.90 bits per heavy atom. The lowest BCUT2D eigenvalue weighted by molar-refractivity contribution is 0.0697. The average molecular weight is 438 g/mol. The van der Waals surface area contributed by atoms with Gasteiger partial charge in [0.2, 0.25) is 0 Å². The van der Waals surface area contributed by atoms with Crippen LogP contribution in [-0.4, -0.2) is 19.5 Å². The summed E-state index contributed by atoms with van der Waals surface area (Å²) in [5.74, 6) is -1.21. The molecule has 110 valence electrons. The van der Waals surface area contributed by atoms with Crippen LogP contribution in [0.3, 0.4) is 0 Å². The zero-order chi connectivity index (χ0) is 15.6. The van der Waals surface area contributed by atoms with Crippen LogP contribution in [0.2, 0.25) is 5.02 Å². The topological polar surface area (TPSA) is 83.5 Å². The molecule has 0 saturated heterocycles. The van der Waals surface area contributed by atoms with Crippen molar-refractivity contribution in [2.24, 2.45) is 0 Å². The van der Waals surface area contributed by atoms with Crippen LogP contribution in [0.15, 0.2) is 47.4 Å². The summed E-state index contributed by atoms with van der Waals surface area (Å²) in [5, 5.41) is 8.74. The predicted molar refractivity (Wildman–Crippen MR) is 88.4 cm³/mol. The third-order valence-corrected chi connectivity index (χ3v) is 4.92. The molecule has 0 unspecified atom stereocenters. The molecule has 0 amide bonds. The van der Waals surface area contributed by atoms with Crippen molar-refractivity contribution in [3.8, 4) is 0 Å². The third kappa shape index (κ3) is 3.86. The van der Waals surface area contributed by atoms with Crippen LogP contribution in [0.4, 0.5) is 5.69 Å². The van der Waals surface area contributed by atoms with Gasteiger partial charge in [0, 0.05) is 9.26 Å². The summed E-state index contributed by atoms with van der Waals surface area (Å²) in [5.41, 5.74) is 0.269. The molecule has 0 fully saturated rings. The molecule has 2 N–H and O–H groups in total. The molecule has 2 rings (SSSR count). The minimum atomic E-state index is -3.83. The summed E-state index contributed by atoms with van der Waals surface area (Å²) in [4.78, 5) is 10.8. The van der Waals surface area contributed by atoms with Crippen molar-refractivity contribution in [2.75, 3.05) is 4.72 Å². The molecule has 2 aromatic carbocycles. The molecule has 0 aliphatic carbocycles. The number of aromatic carboxylic acids is 1. The summed E-state index contributed by atoms with van der Waals surface area (Å²) in [7, 11) is -3.83. The standard InChI is InChI=1S/C13H9ClINO4S/c14-12-7-10(4-5-11(12)13(17)18)21(19,20)16-9-3-1-2-8(15)6-9/h1-7,16H,(H,17,18). The Kier molecular flexibility index (Phi) is 4.74. The molecule has 0 spiro atoms. The van der Waals surface area contributed by atoms with Crippen molar-refractivity contribution in [3.05, 3.63) is 56.6 Å². The molecule has 0 heterocycles. The first-order chi connectivity index (χ1) is 9.79. The summed E-state index contributed by atoms with van der Waals surface area (Å²) in [6, 6.07) is 10.3. The van der Waals surface area contributed by atoms with Gasteiger partial charge < -0.3 is 5.11 Å². The first kappa shape index (κ1) is 16.1. The lowest BCUT2D eigenvalue weighted by Crippen LogP contribution is -2.13. The van der Waals surface area contributed by atoms with Gasteiger partial charge in [-0.15, -0.1) is 0 Å². The highest BCUT2D eigenvalue weighted by Crippen LogP contribution is 2.23. The van der Waals surface area contributed by atoms with Crippen LogP contribution in [0, 0.1) is 3.57 Å². The van der Waals surface area contributed by atoms with E-state index in [1.54, 1.807) is 18.2 Å². The first-order valence-corrected chi connectivity index (χ1v) is 8.55. The highest BCUT2D eigenvalue weighted by molar-refractivity contribution is 14.1. The summed E-state index contributed by atoms with van der Waals surface area (Å²) in [6.07, 6.45) is 0. The van der Waals surface area contributed by atoms with Crippen LogP contribution in [-0.2, 0) is 10.0 Å². The molecule has 21 heavy (non-hydrogen) atoms. The van der Waals surface area contributed by atoms with Gasteiger partial charge in [-0.2, -0.15) is 0 Å². The number of nitrogens with one attached hydrogen (secondary N) is 1. The van der Waals surface area contributed by atoms with E-state index >= 15 is 0 Å². The van der Waals surface area contributed by atoms with Crippen LogP contribution >= 0.6 is 34.2 Å². The Balaban J connectivity index is 2.36. The summed E-state index contributed by atoms with van der Waals surface area (Å²) in [6.45, 7) is 0. The van der Waals surface area contributed by atoms with E-state index in [9.17, 15) is 13.2 Å². The van der Waals surface area contributed by atoms with Gasteiger partial charge in [-0.1, -0.05) is 17.7 Å². The maximum Gasteiger partial charge on any atom is 0.337 e. The summed E-state index contributed by atoms with van der Waals surface area (Å²) >= 11 is 7.85. The maximum absolute atomic E-state index is 12.2. The molecule has 0 aromatic heterocycles. The van der Waals surface area contributed by atoms with Crippen molar-refractivity contribution in [1.29, 1.82) is 0 Å². The SMILES string of the molecule is O=C(O)c1ccc(S(=O)(=O)Nc2cccc(I)c2)cc1Cl. The largest absolute Gasteiger partial charge is 0.478 e. The Hall–Kier alpha value is -1.32. The van der Waals surface area contributed by atoms with E-state index in [1.165, 1.54) is 6.07 Å². The van der Waals surface area contributed by atoms with E-state index in [1.807, 2.05) is 6.07 Å². The fraction of sp³-hybridized carbons (Fsp3) is 0. The normalized spacial score (nSPS) is 11.1. The third-order valence-electron chi connectivity index (χ3n) is 2.56. The van der Waals surface area contributed by atoms with Crippen LogP contribution in [0.25, 0.3) is 0 Å². The second-order valence-corrected chi connectivity index (χ2v) is 7.40. The van der Waals surface area contributed by atoms with E-state index in [0.717, 1.165) is 15.7 Å². The minimum absolute atomic E-state index is 0.101. The lowest BCUT2D eigenvalue weighted by Gasteiger charge is -2.09. The number of rotatable bonds is 4. The second-order valence-electron chi connectivity index (χ2n) is 4.06. The molecule has 0 atom stereocenters. The number of anilines is 1. The average Bonchev–Trinajstić information content (AvgIpc) is 2.37. The van der Waals surface area contributed by atoms with Gasteiger partial charge in [0.1, 0.15) is 0 Å². The number of hydrogen-bond acceptors (Lipinski definition) is 3. The van der Waals surface area contributed by atoms with E-state index in [2.05, 4.69) is 27.3 Å². The minimum Gasteiger partial charge on any atom is -0.478 e. The molecular weight excluding hydrogens is 429 g/mol. The molecule has 2 aromatic rings. The highest BCUT2D eigenvalue weighted by atomic mass is 127. The number of hydrogen-bond donors (Lipinski definition) is 2. The van der Waals surface area contributed by atoms with Gasteiger partial charge in [0.15, 0.2) is 0 Å². The Morgan fingerprint density at radius 1 is 1.19 bits per heavy atom. The molecule has 0 bridgehead atoms. The number of carboxylic acid groups (broad SMARTS) is 1. The van der Waals surface area contributed by atoms with Gasteiger partial charge in [0.25, 0.3) is 10.0 Å². The Labute approximate surface area is 140 Å². The van der Waals surface area contributed by atoms with E-state index < -0.39 is 16.0 Å². The monoisotopic (exact) mass is 437 g/mol. The lowest BCUT2D eigenvalue weighted by atomic mass is 10.2. The summed E-state index contributed by atoms with van der Waals surface area (Å²) < 4.78 is 27.7. The van der Waals surface area contributed by atoms with Crippen LogP contribution < -0.4 is 4.72 Å². The zero-order valence-electron chi connectivity index (χ0n) is 10.4. The Bertz CT molecular complexity index is 808. The molecule has 8 heteroatoms. The second kappa shape index (κ2) is 6.20. The van der Waals surface area contributed by atoms with Gasteiger partial charge in [-0.3, -0.25) is 4.72 Å². The van der Waals surface area contributed by atoms with Gasteiger partial charge in [-0.05, 0) is 59.0 Å². The number of sulfonamides is 1. The van der Waals surface area contributed by atoms with Crippen LogP contribution in [0.1, 0.15) is 10.4 Å². The Morgan fingerprint density at radius 3 is 2.48 bits per heavy atom. The predicted octanol–water partition coefficient (Wildman–Crippen LogP) is 3.44. The zero-order valence-corrected chi connectivity index (χ0v) is 14.1. The molecule has 5 nitrogen and oxygen atoms in total. The molecule has 0 saturated carbocycles. The number of carbonyl (C=O) groups is 1. The molecular formula is C13H9ClINO4S. The van der Waals surface area contributed by atoms with Gasteiger partial charge in [-0.25, -0.2) is 13.2 Å². The molecule has 0 aliphatic heterocycles. The fourth-order valence-corrected chi connectivity index (χ4v) is 3.55. The van der Waals surface area contributed by atoms with Crippen LogP contribution in [0.5, 0.6) is 0 Å². The highest BCUT2D eigenvalue weighted by Gasteiger charge is 2.18. The van der Waals surface area contributed by atoms with E-state index in [4.69, 9.17) is 16.7 Å². The van der Waals surface area contributed by atoms with Crippen molar-refractivity contribution in [2.45, 2.75) is 4.90 Å². The van der Waals surface area contributed by atoms with Crippen molar-refractivity contribution in [1.82, 2.24) is 0 Å². The number of benzene rings is 2. The van der Waals surface area contributed by atoms with Gasteiger partial charge in [0.05, 0.1) is 15.5 Å². The van der Waals surface area contributed by atoms with Gasteiger partial charge >= 0.3 is 5.97 Å².